The van der Waals surface area contributed by atoms with E-state index in [9.17, 15) is 14.7 Å². The van der Waals surface area contributed by atoms with E-state index >= 15 is 0 Å². The lowest BCUT2D eigenvalue weighted by atomic mass is 9.76. The minimum Gasteiger partial charge on any atom is -0.481 e. The molecule has 4 nitrogen and oxygen atoms in total. The topological polar surface area (TPSA) is 66.4 Å². The third-order valence-electron chi connectivity index (χ3n) is 3.94. The Morgan fingerprint density at radius 1 is 1.25 bits per heavy atom. The number of hydrogen-bond donors (Lipinski definition) is 2. The van der Waals surface area contributed by atoms with E-state index in [1.54, 1.807) is 6.92 Å². The number of anilines is 1. The summed E-state index contributed by atoms with van der Waals surface area (Å²) in [5.74, 6) is -1.33. The fourth-order valence-corrected chi connectivity index (χ4v) is 1.89. The van der Waals surface area contributed by atoms with E-state index in [0.29, 0.717) is 5.69 Å². The molecule has 2 N–H and O–H groups in total. The average molecular weight is 277 g/mol. The molecule has 0 aliphatic rings. The highest BCUT2D eigenvalue weighted by atomic mass is 16.4. The zero-order valence-electron chi connectivity index (χ0n) is 12.6. The molecule has 4 heteroatoms. The van der Waals surface area contributed by atoms with Crippen LogP contribution in [0.5, 0.6) is 0 Å². The first-order chi connectivity index (χ1) is 9.29. The molecule has 1 rings (SSSR count). The van der Waals surface area contributed by atoms with Crippen molar-refractivity contribution in [2.45, 2.75) is 40.5 Å². The van der Waals surface area contributed by atoms with E-state index in [1.807, 2.05) is 38.1 Å². The summed E-state index contributed by atoms with van der Waals surface area (Å²) in [5, 5.41) is 12.1. The lowest BCUT2D eigenvalue weighted by Crippen LogP contribution is -2.37. The molecule has 1 amide bonds. The molecular weight excluding hydrogens is 254 g/mol. The zero-order chi connectivity index (χ0) is 15.3. The van der Waals surface area contributed by atoms with E-state index in [1.165, 1.54) is 5.56 Å². The van der Waals surface area contributed by atoms with Crippen molar-refractivity contribution in [1.29, 1.82) is 0 Å². The Morgan fingerprint density at radius 3 is 2.20 bits per heavy atom. The number of hydrogen-bond acceptors (Lipinski definition) is 2. The van der Waals surface area contributed by atoms with E-state index in [2.05, 4.69) is 12.2 Å². The Balaban J connectivity index is 2.73. The van der Waals surface area contributed by atoms with Gasteiger partial charge in [0.1, 0.15) is 0 Å². The van der Waals surface area contributed by atoms with Crippen molar-refractivity contribution in [1.82, 2.24) is 0 Å². The van der Waals surface area contributed by atoms with E-state index in [-0.39, 0.29) is 18.2 Å². The van der Waals surface area contributed by atoms with Gasteiger partial charge in [-0.25, -0.2) is 0 Å². The fraction of sp³-hybridized carbons (Fsp3) is 0.500. The van der Waals surface area contributed by atoms with E-state index in [4.69, 9.17) is 0 Å². The highest BCUT2D eigenvalue weighted by Gasteiger charge is 2.38. The highest BCUT2D eigenvalue weighted by Crippen LogP contribution is 2.31. The normalized spacial score (nSPS) is 13.8. The van der Waals surface area contributed by atoms with Gasteiger partial charge in [-0.05, 0) is 37.0 Å². The van der Waals surface area contributed by atoms with Crippen LogP contribution in [-0.4, -0.2) is 17.0 Å². The molecule has 0 saturated heterocycles. The second kappa shape index (κ2) is 6.55. The van der Waals surface area contributed by atoms with Crippen LogP contribution in [0.3, 0.4) is 0 Å². The van der Waals surface area contributed by atoms with Crippen LogP contribution in [-0.2, 0) is 16.0 Å². The smallest absolute Gasteiger partial charge is 0.310 e. The Bertz CT molecular complexity index is 479. The zero-order valence-corrected chi connectivity index (χ0v) is 12.6. The number of carbonyl (C=O) groups is 2. The van der Waals surface area contributed by atoms with Crippen molar-refractivity contribution in [3.8, 4) is 0 Å². The number of benzene rings is 1. The minimum atomic E-state index is -1.05. The van der Waals surface area contributed by atoms with Crippen LogP contribution < -0.4 is 5.32 Å². The van der Waals surface area contributed by atoms with Crippen molar-refractivity contribution < 1.29 is 14.7 Å². The summed E-state index contributed by atoms with van der Waals surface area (Å²) < 4.78 is 0. The Kier molecular flexibility index (Phi) is 5.31. The Labute approximate surface area is 120 Å². The minimum absolute atomic E-state index is 0.0322. The third-order valence-corrected chi connectivity index (χ3v) is 3.94. The largest absolute Gasteiger partial charge is 0.481 e. The van der Waals surface area contributed by atoms with Crippen molar-refractivity contribution in [3.63, 3.8) is 0 Å². The number of amides is 1. The molecule has 0 aliphatic carbocycles. The van der Waals surface area contributed by atoms with Crippen LogP contribution >= 0.6 is 0 Å². The van der Waals surface area contributed by atoms with Gasteiger partial charge in [-0.1, -0.05) is 32.9 Å². The molecule has 1 aromatic carbocycles. The first-order valence-corrected chi connectivity index (χ1v) is 6.91. The van der Waals surface area contributed by atoms with Crippen molar-refractivity contribution in [3.05, 3.63) is 29.8 Å². The van der Waals surface area contributed by atoms with Gasteiger partial charge in [0.15, 0.2) is 0 Å². The molecule has 110 valence electrons. The van der Waals surface area contributed by atoms with Gasteiger partial charge < -0.3 is 10.4 Å². The summed E-state index contributed by atoms with van der Waals surface area (Å²) in [7, 11) is 0. The van der Waals surface area contributed by atoms with Crippen LogP contribution in [0.4, 0.5) is 5.69 Å². The van der Waals surface area contributed by atoms with Crippen LogP contribution in [0, 0.1) is 11.3 Å². The standard InChI is InChI=1S/C16H23NO3/c1-5-12-6-8-13(9-7-12)17-14(18)10-16(4,11(2)3)15(19)20/h6-9,11H,5,10H2,1-4H3,(H,17,18)(H,19,20). The van der Waals surface area contributed by atoms with Crippen molar-refractivity contribution in [2.75, 3.05) is 5.32 Å². The molecular formula is C16H23NO3. The molecule has 0 aliphatic heterocycles. The Morgan fingerprint density at radius 2 is 1.80 bits per heavy atom. The maximum Gasteiger partial charge on any atom is 0.310 e. The predicted octanol–water partition coefficient (Wildman–Crippen LogP) is 3.32. The predicted molar refractivity (Wildman–Crippen MR) is 79.6 cm³/mol. The molecule has 0 saturated carbocycles. The monoisotopic (exact) mass is 277 g/mol. The molecule has 0 bridgehead atoms. The number of rotatable bonds is 6. The molecule has 1 unspecified atom stereocenters. The number of carboxylic acids is 1. The number of nitrogens with one attached hydrogen (secondary N) is 1. The summed E-state index contributed by atoms with van der Waals surface area (Å²) in [5.41, 5.74) is 0.845. The number of carboxylic acid groups (broad SMARTS) is 1. The maximum absolute atomic E-state index is 12.0. The van der Waals surface area contributed by atoms with E-state index < -0.39 is 11.4 Å². The molecule has 1 atom stereocenters. The number of carbonyl (C=O) groups excluding carboxylic acids is 1. The molecule has 1 aromatic rings. The Hall–Kier alpha value is -1.84. The van der Waals surface area contributed by atoms with Crippen LogP contribution in [0.15, 0.2) is 24.3 Å². The van der Waals surface area contributed by atoms with Crippen molar-refractivity contribution >= 4 is 17.6 Å². The molecule has 0 aromatic heterocycles. The fourth-order valence-electron chi connectivity index (χ4n) is 1.89. The first kappa shape index (κ1) is 16.2. The van der Waals surface area contributed by atoms with Crippen molar-refractivity contribution in [2.24, 2.45) is 11.3 Å². The second-order valence-corrected chi connectivity index (χ2v) is 5.65. The summed E-state index contributed by atoms with van der Waals surface area (Å²) in [4.78, 5) is 23.4. The quantitative estimate of drug-likeness (QED) is 0.838. The van der Waals surface area contributed by atoms with Gasteiger partial charge in [-0.15, -0.1) is 0 Å². The third kappa shape index (κ3) is 3.83. The average Bonchev–Trinajstić information content (AvgIpc) is 2.38. The van der Waals surface area contributed by atoms with Gasteiger partial charge in [0, 0.05) is 12.1 Å². The molecule has 0 radical (unpaired) electrons. The molecule has 0 fully saturated rings. The van der Waals surface area contributed by atoms with Gasteiger partial charge in [0.2, 0.25) is 5.91 Å². The second-order valence-electron chi connectivity index (χ2n) is 5.65. The maximum atomic E-state index is 12.0. The number of aryl methyl sites for hydroxylation is 1. The summed E-state index contributed by atoms with van der Waals surface area (Å²) in [6.07, 6.45) is 0.911. The lowest BCUT2D eigenvalue weighted by molar-refractivity contribution is -0.153. The van der Waals surface area contributed by atoms with Gasteiger partial charge >= 0.3 is 5.97 Å². The van der Waals surface area contributed by atoms with Gasteiger partial charge in [0.05, 0.1) is 5.41 Å². The van der Waals surface area contributed by atoms with Gasteiger partial charge in [0.25, 0.3) is 0 Å². The molecule has 20 heavy (non-hydrogen) atoms. The van der Waals surface area contributed by atoms with Crippen LogP contribution in [0.1, 0.15) is 39.7 Å². The number of aliphatic carboxylic acids is 1. The summed E-state index contributed by atoms with van der Waals surface area (Å²) >= 11 is 0. The van der Waals surface area contributed by atoms with Crippen LogP contribution in [0.2, 0.25) is 0 Å². The summed E-state index contributed by atoms with van der Waals surface area (Å²) in [6.45, 7) is 7.31. The SMILES string of the molecule is CCc1ccc(NC(=O)CC(C)(C(=O)O)C(C)C)cc1. The van der Waals surface area contributed by atoms with Crippen LogP contribution in [0.25, 0.3) is 0 Å². The van der Waals surface area contributed by atoms with E-state index in [0.717, 1.165) is 6.42 Å². The van der Waals surface area contributed by atoms with Gasteiger partial charge in [-0.3, -0.25) is 9.59 Å². The molecule has 0 heterocycles. The first-order valence-electron chi connectivity index (χ1n) is 6.91. The summed E-state index contributed by atoms with van der Waals surface area (Å²) in [6, 6.07) is 7.58. The molecule has 0 spiro atoms. The van der Waals surface area contributed by atoms with Gasteiger partial charge in [-0.2, -0.15) is 0 Å². The highest BCUT2D eigenvalue weighted by molar-refractivity contribution is 5.94. The lowest BCUT2D eigenvalue weighted by Gasteiger charge is -2.28.